The molecule has 0 saturated heterocycles. The number of hydrogen-bond donors (Lipinski definition) is 3. The number of nitrogens with zero attached hydrogens (tertiary/aromatic N) is 15. The van der Waals surface area contributed by atoms with Gasteiger partial charge in [0.1, 0.15) is 51.0 Å². The summed E-state index contributed by atoms with van der Waals surface area (Å²) in [5.41, 5.74) is 2.12. The van der Waals surface area contributed by atoms with E-state index in [1.807, 2.05) is 6.92 Å². The number of benzene rings is 3. The predicted molar refractivity (Wildman–Crippen MR) is 374 cm³/mol. The Morgan fingerprint density at radius 2 is 0.811 bits per heavy atom. The zero-order valence-corrected chi connectivity index (χ0v) is 60.2. The van der Waals surface area contributed by atoms with Crippen molar-refractivity contribution in [2.75, 3.05) is 27.5 Å². The second kappa shape index (κ2) is 32.2. The zero-order valence-electron chi connectivity index (χ0n) is 57.7. The van der Waals surface area contributed by atoms with Crippen LogP contribution in [0.5, 0.6) is 17.2 Å². The average molecular weight is 1530 g/mol. The number of fused-ring (bicyclic) bond motifs is 3. The van der Waals surface area contributed by atoms with Crippen LogP contribution in [-0.2, 0) is 50.7 Å². The minimum atomic E-state index is -3.79. The first-order valence-corrected chi connectivity index (χ1v) is 37.0. The van der Waals surface area contributed by atoms with Gasteiger partial charge in [-0.25, -0.2) is 53.8 Å². The lowest BCUT2D eigenvalue weighted by molar-refractivity contribution is -0.0501. The largest absolute Gasteiger partial charge is 0.434 e. The number of halogens is 6. The van der Waals surface area contributed by atoms with Crippen molar-refractivity contribution in [3.8, 4) is 51.0 Å². The number of aromatic nitrogens is 15. The molecule has 9 aromatic heterocycles. The van der Waals surface area contributed by atoms with E-state index in [4.69, 9.17) is 0 Å². The molecule has 558 valence electrons. The van der Waals surface area contributed by atoms with Crippen molar-refractivity contribution in [1.29, 1.82) is 0 Å². The van der Waals surface area contributed by atoms with E-state index in [1.165, 1.54) is 120 Å². The van der Waals surface area contributed by atoms with Crippen molar-refractivity contribution in [3.63, 3.8) is 0 Å². The van der Waals surface area contributed by atoms with Crippen LogP contribution in [0.1, 0.15) is 85.5 Å². The number of unbranched alkanes of at least 4 members (excludes halogenated alkanes) is 1. The molecule has 1 atom stereocenters. The molecule has 0 radical (unpaired) electrons. The average Bonchev–Trinajstić information content (AvgIpc) is 1.67. The molecule has 9 heterocycles. The van der Waals surface area contributed by atoms with Gasteiger partial charge in [-0.1, -0.05) is 41.0 Å². The van der Waals surface area contributed by atoms with Crippen LogP contribution < -0.4 is 30.2 Å². The predicted octanol–water partition coefficient (Wildman–Crippen LogP) is 10.8. The fourth-order valence-corrected chi connectivity index (χ4v) is 15.5. The number of amides is 3. The molecule has 3 amide bonds. The lowest BCUT2D eigenvalue weighted by atomic mass is 10.1. The summed E-state index contributed by atoms with van der Waals surface area (Å²) in [5, 5.41) is 32.4. The number of sulfone groups is 3. The van der Waals surface area contributed by atoms with Crippen molar-refractivity contribution in [2.24, 2.45) is 33.0 Å². The normalized spacial score (nSPS) is 12.2. The second-order valence-electron chi connectivity index (χ2n) is 24.3. The van der Waals surface area contributed by atoms with Crippen molar-refractivity contribution in [1.82, 2.24) is 73.1 Å². The molecule has 30 nitrogen and oxygen atoms in total. The van der Waals surface area contributed by atoms with E-state index >= 15 is 0 Å². The van der Waals surface area contributed by atoms with Gasteiger partial charge in [-0.2, -0.15) is 56.9 Å². The highest BCUT2D eigenvalue weighted by atomic mass is 32.2. The number of anilines is 3. The fourth-order valence-electron chi connectivity index (χ4n) is 10.7. The third-order valence-electron chi connectivity index (χ3n) is 15.9. The Hall–Kier alpha value is -11.6. The van der Waals surface area contributed by atoms with E-state index in [-0.39, 0.29) is 123 Å². The van der Waals surface area contributed by atoms with Gasteiger partial charge in [-0.3, -0.25) is 28.4 Å². The van der Waals surface area contributed by atoms with Crippen LogP contribution in [0.25, 0.3) is 50.7 Å². The van der Waals surface area contributed by atoms with Crippen LogP contribution >= 0.6 is 0 Å². The first-order chi connectivity index (χ1) is 50.2. The fraction of sp³-hybridized carbons (Fsp3) is 0.284. The third-order valence-corrected chi connectivity index (χ3v) is 22.2. The van der Waals surface area contributed by atoms with E-state index in [9.17, 15) is 66.0 Å². The number of aryl methyl sites for hydroxylation is 3. The van der Waals surface area contributed by atoms with Gasteiger partial charge >= 0.3 is 19.8 Å². The maximum Gasteiger partial charge on any atom is 0.387 e. The van der Waals surface area contributed by atoms with Crippen LogP contribution in [-0.4, -0.2) is 153 Å². The van der Waals surface area contributed by atoms with E-state index in [2.05, 4.69) is 75.7 Å². The molecule has 12 aromatic rings. The number of rotatable bonds is 25. The van der Waals surface area contributed by atoms with Crippen molar-refractivity contribution in [3.05, 3.63) is 164 Å². The second-order valence-corrected chi connectivity index (χ2v) is 30.8. The third kappa shape index (κ3) is 17.6. The maximum absolute atomic E-state index is 13.2. The van der Waals surface area contributed by atoms with E-state index in [0.717, 1.165) is 18.2 Å². The van der Waals surface area contributed by atoms with Crippen molar-refractivity contribution < 1.29 is 80.2 Å². The highest BCUT2D eigenvalue weighted by Crippen LogP contribution is 2.41. The Morgan fingerprint density at radius 1 is 0.481 bits per heavy atom. The first kappa shape index (κ1) is 77.0. The highest BCUT2D eigenvalue weighted by molar-refractivity contribution is 7.92. The summed E-state index contributed by atoms with van der Waals surface area (Å²) < 4.78 is 179. The Labute approximate surface area is 601 Å². The molecule has 3 N–H and O–H groups in total. The van der Waals surface area contributed by atoms with Gasteiger partial charge in [-0.05, 0) is 98.0 Å². The molecule has 0 bridgehead atoms. The summed E-state index contributed by atoms with van der Waals surface area (Å²) in [5.74, 6) is -3.08. The summed E-state index contributed by atoms with van der Waals surface area (Å²) in [6.45, 7) is 1.05. The van der Waals surface area contributed by atoms with Crippen molar-refractivity contribution in [2.45, 2.75) is 94.2 Å². The summed E-state index contributed by atoms with van der Waals surface area (Å²) in [7, 11) is -6.44. The summed E-state index contributed by atoms with van der Waals surface area (Å²) >= 11 is 0. The SMILES string of the molecule is CC(C)C(C)S(=O)(=O)c1ccc(OC(F)F)c(-c2nn(C)cc2NC(=O)c2cnn3cccnc23)c1.CC(C)CS(=O)(=O)c1ccc(OC(F)F)c(-c2nn(C)cc2NC(=O)c2cnn3cccnc23)c1.CCCCS(=O)(=O)c1ccc(OC(F)F)c(-c2nn(C)cc2NC(=O)c2cnn3cccnc23)c1. The summed E-state index contributed by atoms with van der Waals surface area (Å²) in [4.78, 5) is 51.3. The molecular formula is C67H68F6N18O12S3. The molecule has 0 aliphatic rings. The smallest absolute Gasteiger partial charge is 0.387 e. The summed E-state index contributed by atoms with van der Waals surface area (Å²) in [6, 6.07) is 15.8. The topological polar surface area (TPSA) is 361 Å². The number of carbonyl (C=O) groups excluding carboxylic acids is 3. The van der Waals surface area contributed by atoms with Gasteiger partial charge in [-0.15, -0.1) is 0 Å². The standard InChI is InChI=1S/C23H24F2N6O4S.2C22H22F2N6O4S/c1-13(2)14(3)36(33,34)15-6-7-19(35-23(24)25)16(10-15)20-18(12-30(4)29-20)28-22(32)17-11-27-31-9-5-8-26-21(17)31;1-13(2)12-35(32,33)14-5-6-18(34-22(23)24)15(9-14)19-17(11-29(3)28-19)27-21(31)16-10-26-30-8-4-7-25-20(16)30;1-3-4-10-35(32,33)14-6-7-18(34-22(23)24)15(11-14)19-17(13-29(2)28-19)27-21(31)16-12-26-30-9-5-8-25-20(16)30/h5-14,23H,1-4H3,(H,28,32);4-11,13,22H,12H2,1-3H3,(H,27,31);5-9,11-13,22H,3-4,10H2,1-2H3,(H,27,31). The minimum Gasteiger partial charge on any atom is -0.434 e. The molecule has 1 unspecified atom stereocenters. The number of carbonyl (C=O) groups is 3. The van der Waals surface area contributed by atoms with Gasteiger partial charge in [0.25, 0.3) is 17.7 Å². The highest BCUT2D eigenvalue weighted by Gasteiger charge is 2.31. The molecule has 106 heavy (non-hydrogen) atoms. The lowest BCUT2D eigenvalue weighted by Crippen LogP contribution is -2.23. The number of nitrogens with one attached hydrogen (secondary N) is 3. The molecule has 39 heteroatoms. The Morgan fingerprint density at radius 3 is 1.13 bits per heavy atom. The Bertz CT molecular complexity index is 5590. The van der Waals surface area contributed by atoms with Gasteiger partial charge in [0.05, 0.1) is 67.1 Å². The minimum absolute atomic E-state index is 0.00300. The molecular weight excluding hydrogens is 1460 g/mol. The maximum atomic E-state index is 13.2. The van der Waals surface area contributed by atoms with Crippen LogP contribution in [0.15, 0.2) is 162 Å². The number of ether oxygens (including phenoxy) is 3. The van der Waals surface area contributed by atoms with Crippen LogP contribution in [0.3, 0.4) is 0 Å². The van der Waals surface area contributed by atoms with Gasteiger partial charge in [0.2, 0.25) is 0 Å². The molecule has 0 aliphatic carbocycles. The zero-order chi connectivity index (χ0) is 76.7. The Kier molecular flexibility index (Phi) is 23.4. The molecule has 0 aliphatic heterocycles. The monoisotopic (exact) mass is 1530 g/mol. The van der Waals surface area contributed by atoms with Gasteiger partial charge in [0.15, 0.2) is 46.5 Å². The van der Waals surface area contributed by atoms with Crippen LogP contribution in [0.2, 0.25) is 0 Å². The quantitative estimate of drug-likeness (QED) is 0.0447. The number of hydrogen-bond acceptors (Lipinski definition) is 21. The molecule has 0 saturated carbocycles. The molecule has 12 rings (SSSR count). The Balaban J connectivity index is 0.000000170. The summed E-state index contributed by atoms with van der Waals surface area (Å²) in [6.07, 6.45) is 19.0. The molecule has 0 spiro atoms. The van der Waals surface area contributed by atoms with E-state index in [0.29, 0.717) is 29.8 Å². The van der Waals surface area contributed by atoms with E-state index in [1.54, 1.807) is 92.6 Å². The number of alkyl halides is 6. The first-order valence-electron chi connectivity index (χ1n) is 32.1. The van der Waals surface area contributed by atoms with Crippen LogP contribution in [0, 0.1) is 11.8 Å². The van der Waals surface area contributed by atoms with Gasteiger partial charge < -0.3 is 30.2 Å². The molecule has 0 fully saturated rings. The lowest BCUT2D eigenvalue weighted by Gasteiger charge is -2.18. The van der Waals surface area contributed by atoms with Crippen LogP contribution in [0.4, 0.5) is 43.4 Å². The van der Waals surface area contributed by atoms with E-state index < -0.39 is 72.3 Å². The van der Waals surface area contributed by atoms with Crippen molar-refractivity contribution >= 4 is 81.2 Å². The van der Waals surface area contributed by atoms with Gasteiger partial charge in [0, 0.05) is 93.6 Å². The molecule has 3 aromatic carbocycles.